The summed E-state index contributed by atoms with van der Waals surface area (Å²) in [5.41, 5.74) is -0.224. The van der Waals surface area contributed by atoms with E-state index in [0.717, 1.165) is 24.1 Å². The highest BCUT2D eigenvalue weighted by Crippen LogP contribution is 2.15. The number of methoxy groups -OCH3 is 1. The van der Waals surface area contributed by atoms with Crippen LogP contribution in [0.1, 0.15) is 13.3 Å². The molecule has 0 aromatic carbocycles. The fraction of sp³-hybridized carbons (Fsp3) is 1.00. The van der Waals surface area contributed by atoms with Crippen LogP contribution < -0.4 is 0 Å². The van der Waals surface area contributed by atoms with Crippen LogP contribution in [-0.2, 0) is 14.2 Å². The molecule has 0 saturated carbocycles. The Hall–Kier alpha value is 0.900. The second-order valence-electron chi connectivity index (χ2n) is 3.52. The maximum absolute atomic E-state index is 5.80. The van der Waals surface area contributed by atoms with Crippen LogP contribution in [0.3, 0.4) is 0 Å². The summed E-state index contributed by atoms with van der Waals surface area (Å²) in [7, 11) is 1.69. The molecule has 0 rings (SSSR count). The number of rotatable bonds is 10. The molecule has 0 aliphatic rings. The van der Waals surface area contributed by atoms with E-state index in [-0.39, 0.29) is 5.60 Å². The highest BCUT2D eigenvalue weighted by molar-refractivity contribution is 14.1. The molecule has 0 aliphatic heterocycles. The standard InChI is InChI=1S/C10H20ClIO3/c1-10(8-11,9-12)15-7-6-14-5-3-4-13-2/h3-9H2,1-2H3. The summed E-state index contributed by atoms with van der Waals surface area (Å²) in [6.07, 6.45) is 0.926. The summed E-state index contributed by atoms with van der Waals surface area (Å²) >= 11 is 8.08. The van der Waals surface area contributed by atoms with E-state index in [0.29, 0.717) is 19.1 Å². The number of halogens is 2. The van der Waals surface area contributed by atoms with Gasteiger partial charge in [0.2, 0.25) is 0 Å². The molecule has 0 spiro atoms. The molecule has 1 atom stereocenters. The molecule has 0 fully saturated rings. The van der Waals surface area contributed by atoms with Gasteiger partial charge in [-0.3, -0.25) is 0 Å². The molecule has 5 heteroatoms. The van der Waals surface area contributed by atoms with Crippen molar-refractivity contribution in [2.75, 3.05) is 43.8 Å². The third kappa shape index (κ3) is 8.68. The van der Waals surface area contributed by atoms with E-state index < -0.39 is 0 Å². The molecule has 3 nitrogen and oxygen atoms in total. The molecule has 92 valence electrons. The average Bonchev–Trinajstić information content (AvgIpc) is 2.27. The van der Waals surface area contributed by atoms with Crippen LogP contribution in [-0.4, -0.2) is 49.4 Å². The molecule has 0 bridgehead atoms. The summed E-state index contributed by atoms with van der Waals surface area (Å²) in [6.45, 7) is 4.69. The minimum Gasteiger partial charge on any atom is -0.385 e. The minimum absolute atomic E-state index is 0.224. The normalized spacial score (nSPS) is 15.2. The predicted molar refractivity (Wildman–Crippen MR) is 71.3 cm³/mol. The first-order chi connectivity index (χ1) is 7.18. The van der Waals surface area contributed by atoms with Gasteiger partial charge in [-0.2, -0.15) is 0 Å². The molecule has 0 amide bonds. The van der Waals surface area contributed by atoms with E-state index in [9.17, 15) is 0 Å². The SMILES string of the molecule is COCCCOCCOC(C)(CCl)CI. The van der Waals surface area contributed by atoms with Crippen LogP contribution in [0.15, 0.2) is 0 Å². The summed E-state index contributed by atoms with van der Waals surface area (Å²) in [5.74, 6) is 0.514. The van der Waals surface area contributed by atoms with Crippen molar-refractivity contribution in [3.8, 4) is 0 Å². The van der Waals surface area contributed by atoms with Gasteiger partial charge in [-0.25, -0.2) is 0 Å². The Morgan fingerprint density at radius 3 is 2.47 bits per heavy atom. The smallest absolute Gasteiger partial charge is 0.0879 e. The lowest BCUT2D eigenvalue weighted by Gasteiger charge is -2.25. The second kappa shape index (κ2) is 10.1. The van der Waals surface area contributed by atoms with Gasteiger partial charge >= 0.3 is 0 Å². The highest BCUT2D eigenvalue weighted by Gasteiger charge is 2.21. The maximum Gasteiger partial charge on any atom is 0.0879 e. The third-order valence-corrected chi connectivity index (χ3v) is 4.06. The zero-order chi connectivity index (χ0) is 11.6. The van der Waals surface area contributed by atoms with E-state index in [4.69, 9.17) is 25.8 Å². The van der Waals surface area contributed by atoms with Crippen LogP contribution in [0.5, 0.6) is 0 Å². The van der Waals surface area contributed by atoms with Crippen molar-refractivity contribution in [1.29, 1.82) is 0 Å². The zero-order valence-electron chi connectivity index (χ0n) is 9.43. The van der Waals surface area contributed by atoms with Crippen molar-refractivity contribution < 1.29 is 14.2 Å². The Morgan fingerprint density at radius 1 is 1.20 bits per heavy atom. The summed E-state index contributed by atoms with van der Waals surface area (Å²) in [6, 6.07) is 0. The van der Waals surface area contributed by atoms with Gasteiger partial charge in [-0.1, -0.05) is 22.6 Å². The third-order valence-electron chi connectivity index (χ3n) is 1.88. The van der Waals surface area contributed by atoms with Gasteiger partial charge in [0, 0.05) is 24.8 Å². The van der Waals surface area contributed by atoms with E-state index >= 15 is 0 Å². The minimum atomic E-state index is -0.224. The van der Waals surface area contributed by atoms with Crippen molar-refractivity contribution in [3.63, 3.8) is 0 Å². The Labute approximate surface area is 111 Å². The first kappa shape index (κ1) is 15.9. The Balaban J connectivity index is 3.29. The summed E-state index contributed by atoms with van der Waals surface area (Å²) in [4.78, 5) is 0. The molecule has 0 saturated heterocycles. The molecule has 15 heavy (non-hydrogen) atoms. The first-order valence-corrected chi connectivity index (χ1v) is 7.07. The van der Waals surface area contributed by atoms with Gasteiger partial charge in [0.15, 0.2) is 0 Å². The largest absolute Gasteiger partial charge is 0.385 e. The molecule has 0 aliphatic carbocycles. The number of hydrogen-bond acceptors (Lipinski definition) is 3. The van der Waals surface area contributed by atoms with Gasteiger partial charge in [0.25, 0.3) is 0 Å². The fourth-order valence-corrected chi connectivity index (χ4v) is 1.85. The van der Waals surface area contributed by atoms with Crippen LogP contribution >= 0.6 is 34.2 Å². The zero-order valence-corrected chi connectivity index (χ0v) is 12.3. The number of ether oxygens (including phenoxy) is 3. The van der Waals surface area contributed by atoms with Crippen molar-refractivity contribution in [1.82, 2.24) is 0 Å². The van der Waals surface area contributed by atoms with Crippen molar-refractivity contribution in [2.24, 2.45) is 0 Å². The van der Waals surface area contributed by atoms with Gasteiger partial charge in [-0.05, 0) is 13.3 Å². The molecule has 1 unspecified atom stereocenters. The van der Waals surface area contributed by atoms with Gasteiger partial charge in [0.05, 0.1) is 24.7 Å². The molecule has 0 aromatic heterocycles. The average molecular weight is 351 g/mol. The topological polar surface area (TPSA) is 27.7 Å². The number of alkyl halides is 2. The van der Waals surface area contributed by atoms with Crippen molar-refractivity contribution >= 4 is 34.2 Å². The first-order valence-electron chi connectivity index (χ1n) is 5.01. The lowest BCUT2D eigenvalue weighted by Crippen LogP contribution is -2.34. The van der Waals surface area contributed by atoms with Crippen molar-refractivity contribution in [2.45, 2.75) is 18.9 Å². The maximum atomic E-state index is 5.80. The Bertz CT molecular complexity index is 143. The van der Waals surface area contributed by atoms with Crippen LogP contribution in [0.25, 0.3) is 0 Å². The molecule has 0 aromatic rings. The highest BCUT2D eigenvalue weighted by atomic mass is 127. The van der Waals surface area contributed by atoms with Gasteiger partial charge in [-0.15, -0.1) is 11.6 Å². The van der Waals surface area contributed by atoms with E-state index in [1.165, 1.54) is 0 Å². The van der Waals surface area contributed by atoms with E-state index in [1.807, 2.05) is 6.92 Å². The fourth-order valence-electron chi connectivity index (χ4n) is 0.867. The van der Waals surface area contributed by atoms with Crippen LogP contribution in [0.2, 0.25) is 0 Å². The second-order valence-corrected chi connectivity index (χ2v) is 4.55. The van der Waals surface area contributed by atoms with Crippen LogP contribution in [0, 0.1) is 0 Å². The van der Waals surface area contributed by atoms with Crippen molar-refractivity contribution in [3.05, 3.63) is 0 Å². The summed E-state index contributed by atoms with van der Waals surface area (Å²) < 4.78 is 16.8. The Morgan fingerprint density at radius 2 is 1.93 bits per heavy atom. The molecule has 0 radical (unpaired) electrons. The monoisotopic (exact) mass is 350 g/mol. The quantitative estimate of drug-likeness (QED) is 0.344. The van der Waals surface area contributed by atoms with Gasteiger partial charge in [0.1, 0.15) is 0 Å². The lowest BCUT2D eigenvalue weighted by atomic mass is 10.2. The van der Waals surface area contributed by atoms with E-state index in [2.05, 4.69) is 22.6 Å². The van der Waals surface area contributed by atoms with Crippen LogP contribution in [0.4, 0.5) is 0 Å². The van der Waals surface area contributed by atoms with Gasteiger partial charge < -0.3 is 14.2 Å². The summed E-state index contributed by atoms with van der Waals surface area (Å²) in [5, 5.41) is 0. The van der Waals surface area contributed by atoms with E-state index in [1.54, 1.807) is 7.11 Å². The molecular formula is C10H20ClIO3. The predicted octanol–water partition coefficient (Wildman–Crippen LogP) is 2.49. The number of hydrogen-bond donors (Lipinski definition) is 0. The molecule has 0 heterocycles. The molecule has 0 N–H and O–H groups in total. The Kier molecular flexibility index (Phi) is 10.7. The lowest BCUT2D eigenvalue weighted by molar-refractivity contribution is -0.0302. The molecular weight excluding hydrogens is 330 g/mol.